The van der Waals surface area contributed by atoms with E-state index in [0.29, 0.717) is 0 Å². The van der Waals surface area contributed by atoms with Crippen molar-refractivity contribution < 1.29 is 55.7 Å². The van der Waals surface area contributed by atoms with Gasteiger partial charge in [-0.05, 0) is 30.1 Å². The van der Waals surface area contributed by atoms with Crippen LogP contribution in [0, 0.1) is 5.82 Å². The Bertz CT molecular complexity index is 1970. The van der Waals surface area contributed by atoms with Gasteiger partial charge >= 0.3 is 0 Å². The van der Waals surface area contributed by atoms with E-state index < -0.39 is 151 Å². The highest BCUT2D eigenvalue weighted by molar-refractivity contribution is 6.05. The lowest BCUT2D eigenvalue weighted by Crippen LogP contribution is -2.52. The molecule has 178 valence electrons. The summed E-state index contributed by atoms with van der Waals surface area (Å²) < 4.78 is 192. The van der Waals surface area contributed by atoms with Crippen LogP contribution in [0.2, 0.25) is 0 Å². The van der Waals surface area contributed by atoms with Gasteiger partial charge in [0, 0.05) is 50.8 Å². The van der Waals surface area contributed by atoms with E-state index in [0.717, 1.165) is 0 Å². The van der Waals surface area contributed by atoms with Crippen LogP contribution in [0.3, 0.4) is 0 Å². The van der Waals surface area contributed by atoms with E-state index in [1.54, 1.807) is 0 Å². The van der Waals surface area contributed by atoms with Gasteiger partial charge in [0.1, 0.15) is 24.2 Å². The Labute approximate surface area is 224 Å². The van der Waals surface area contributed by atoms with E-state index >= 15 is 4.39 Å². The van der Waals surface area contributed by atoms with Gasteiger partial charge < -0.3 is 14.4 Å². The molecule has 2 saturated heterocycles. The lowest BCUT2D eigenvalue weighted by molar-refractivity contribution is -0.136. The second kappa shape index (κ2) is 9.52. The third kappa shape index (κ3) is 4.53. The number of benzene rings is 2. The maximum atomic E-state index is 16.2. The second-order valence-corrected chi connectivity index (χ2v) is 6.83. The Kier molecular flexibility index (Phi) is 2.53. The number of fused-ring (bicyclic) bond motifs is 1. The van der Waals surface area contributed by atoms with Gasteiger partial charge in [0.15, 0.2) is 0 Å². The Hall–Kier alpha value is -3.30. The fraction of sp³-hybridized carbons (Fsp3) is 0.400. The fourth-order valence-electron chi connectivity index (χ4n) is 3.14. The minimum absolute atomic E-state index is 0.281. The summed E-state index contributed by atoms with van der Waals surface area (Å²) in [6.07, 6.45) is -0.769. The first-order valence-corrected chi connectivity index (χ1v) is 9.54. The van der Waals surface area contributed by atoms with Gasteiger partial charge in [-0.2, -0.15) is 0 Å². The largest absolute Gasteiger partial charge is 0.488 e. The lowest BCUT2D eigenvalue weighted by Gasteiger charge is -2.29. The number of carbonyl (C=O) groups excluding carboxylic acids is 3. The number of hydrogen-bond donors (Lipinski definition) is 1. The molecule has 2 aromatic carbocycles. The minimum atomic E-state index is -4.09. The van der Waals surface area contributed by atoms with Crippen molar-refractivity contribution in [2.75, 3.05) is 26.1 Å². The van der Waals surface area contributed by atoms with E-state index in [1.807, 2.05) is 5.32 Å². The van der Waals surface area contributed by atoms with Crippen LogP contribution in [0.5, 0.6) is 5.75 Å². The van der Waals surface area contributed by atoms with E-state index in [-0.39, 0.29) is 11.3 Å². The molecule has 3 aliphatic rings. The average molecular weight is 488 g/mol. The van der Waals surface area contributed by atoms with Crippen molar-refractivity contribution in [3.8, 4) is 5.75 Å². The number of ether oxygens (including phenoxy) is 2. The Morgan fingerprint density at radius 2 is 2.06 bits per heavy atom. The SMILES string of the molecule is [2H]c1c([2H])c(OC([2H])([2H])c2c([2H])c([2H])c(C([2H])([2H])N3C([2H])([2H])C([2H])([2H])OC([2H])([2H])C3([2H])[2H])c([2H])c2F)c2c(c1[2H])C(=O)N(C1CCC(=O)NC1=O)C2([2H])[2H]. The maximum absolute atomic E-state index is 16.2. The zero-order valence-corrected chi connectivity index (χ0v) is 16.8. The molecule has 1 N–H and O–H groups in total. The van der Waals surface area contributed by atoms with Gasteiger partial charge in [0.05, 0.1) is 38.8 Å². The molecule has 0 aromatic heterocycles. The zero-order chi connectivity index (χ0) is 41.4. The zero-order valence-electron chi connectivity index (χ0n) is 36.8. The van der Waals surface area contributed by atoms with Gasteiger partial charge in [-0.15, -0.1) is 0 Å². The molecule has 1 atom stereocenters. The van der Waals surface area contributed by atoms with Gasteiger partial charge in [-0.3, -0.25) is 24.6 Å². The summed E-state index contributed by atoms with van der Waals surface area (Å²) in [5.41, 5.74) is -5.51. The molecular weight excluding hydrogens is 441 g/mol. The predicted molar refractivity (Wildman–Crippen MR) is 119 cm³/mol. The van der Waals surface area contributed by atoms with Crippen LogP contribution in [-0.2, 0) is 33.9 Å². The Balaban J connectivity index is 1.68. The van der Waals surface area contributed by atoms with Crippen molar-refractivity contribution in [3.63, 3.8) is 0 Å². The van der Waals surface area contributed by atoms with Crippen LogP contribution in [0.15, 0.2) is 36.3 Å². The molecule has 34 heavy (non-hydrogen) atoms. The van der Waals surface area contributed by atoms with Crippen LogP contribution in [0.25, 0.3) is 0 Å². The van der Waals surface area contributed by atoms with Crippen LogP contribution < -0.4 is 10.1 Å². The molecule has 3 aliphatic heterocycles. The van der Waals surface area contributed by atoms with Crippen molar-refractivity contribution in [3.05, 3.63) is 64.3 Å². The van der Waals surface area contributed by atoms with Crippen LogP contribution >= 0.6 is 0 Å². The van der Waals surface area contributed by atoms with E-state index in [2.05, 4.69) is 4.74 Å². The topological polar surface area (TPSA) is 88.2 Å². The molecule has 9 heteroatoms. The molecule has 0 radical (unpaired) electrons. The quantitative estimate of drug-likeness (QED) is 0.627. The number of nitrogens with zero attached hydrogens (tertiary/aromatic N) is 2. The van der Waals surface area contributed by atoms with Gasteiger partial charge in [-0.1, -0.05) is 18.1 Å². The number of rotatable bonds is 6. The van der Waals surface area contributed by atoms with Crippen molar-refractivity contribution >= 4 is 17.7 Å². The van der Waals surface area contributed by atoms with Crippen molar-refractivity contribution in [2.24, 2.45) is 0 Å². The highest BCUT2D eigenvalue weighted by Gasteiger charge is 2.40. The number of halogens is 1. The number of hydrogen-bond acceptors (Lipinski definition) is 6. The summed E-state index contributed by atoms with van der Waals surface area (Å²) in [4.78, 5) is 37.5. The number of morpholine rings is 1. The molecule has 2 fully saturated rings. The monoisotopic (exact) mass is 487 g/mol. The highest BCUT2D eigenvalue weighted by Crippen LogP contribution is 2.34. The van der Waals surface area contributed by atoms with Crippen molar-refractivity contribution in [1.82, 2.24) is 15.1 Å². The molecule has 0 bridgehead atoms. The van der Waals surface area contributed by atoms with Crippen molar-refractivity contribution in [1.29, 1.82) is 0 Å². The molecule has 8 nitrogen and oxygen atoms in total. The first kappa shape index (κ1) is 9.05. The normalized spacial score (nSPS) is 37.7. The summed E-state index contributed by atoms with van der Waals surface area (Å²) in [7, 11) is 0. The first-order valence-electron chi connectivity index (χ1n) is 19.5. The average Bonchev–Trinajstić information content (AvgIpc) is 3.20. The molecular formula is C25H26FN3O5. The molecule has 3 heterocycles. The maximum Gasteiger partial charge on any atom is 0.255 e. The summed E-state index contributed by atoms with van der Waals surface area (Å²) in [5.74, 6) is -6.86. The van der Waals surface area contributed by atoms with Crippen LogP contribution in [0.4, 0.5) is 4.39 Å². The molecule has 3 amide bonds. The molecule has 0 aliphatic carbocycles. The Morgan fingerprint density at radius 1 is 1.24 bits per heavy atom. The summed E-state index contributed by atoms with van der Waals surface area (Å²) in [6, 6.07) is -10.4. The molecule has 0 saturated carbocycles. The predicted octanol–water partition coefficient (Wildman–Crippen LogP) is 2.00. The van der Waals surface area contributed by atoms with Crippen LogP contribution in [0.1, 0.15) is 67.3 Å². The van der Waals surface area contributed by atoms with Gasteiger partial charge in [0.2, 0.25) is 11.8 Å². The third-order valence-corrected chi connectivity index (χ3v) is 4.69. The molecule has 0 spiro atoms. The summed E-state index contributed by atoms with van der Waals surface area (Å²) in [5, 5.41) is 1.92. The summed E-state index contributed by atoms with van der Waals surface area (Å²) >= 11 is 0. The van der Waals surface area contributed by atoms with Crippen molar-refractivity contribution in [2.45, 2.75) is 38.4 Å². The molecule has 5 rings (SSSR count). The molecule has 1 unspecified atom stereocenters. The number of nitrogens with one attached hydrogen (secondary N) is 1. The second-order valence-electron chi connectivity index (χ2n) is 6.83. The number of piperidine rings is 1. The lowest BCUT2D eigenvalue weighted by atomic mass is 10.0. The summed E-state index contributed by atoms with van der Waals surface area (Å²) in [6.45, 7) is -26.9. The van der Waals surface area contributed by atoms with Gasteiger partial charge in [-0.25, -0.2) is 4.39 Å². The number of imide groups is 1. The number of amides is 3. The standard InChI is InChI=1S/C25H26FN3O5/c26-20-12-16(13-28-8-10-33-11-9-28)4-5-17(20)15-34-22-3-1-2-18-19(22)14-29(25(18)32)21-6-7-23(30)27-24(21)31/h1-5,12,21H,6-11,13-15H2,(H,27,30,31)/i1D,2D,3D,4D,5D,8D2,9D2,10D2,11D2,12D,13D2,14D2,15D2. The highest BCUT2D eigenvalue weighted by atomic mass is 19.1. The molecule has 2 aromatic rings. The number of carbonyl (C=O) groups is 3. The van der Waals surface area contributed by atoms with E-state index in [1.165, 1.54) is 0 Å². The first-order chi connectivity index (χ1) is 24.2. The smallest absolute Gasteiger partial charge is 0.255 e. The Morgan fingerprint density at radius 3 is 2.85 bits per heavy atom. The third-order valence-electron chi connectivity index (χ3n) is 4.69. The van der Waals surface area contributed by atoms with Crippen LogP contribution in [-0.4, -0.2) is 59.7 Å². The van der Waals surface area contributed by atoms with Gasteiger partial charge in [0.25, 0.3) is 5.91 Å². The van der Waals surface area contributed by atoms with E-state index in [9.17, 15) is 14.4 Å². The van der Waals surface area contributed by atoms with E-state index in [4.69, 9.17) is 32.2 Å². The minimum Gasteiger partial charge on any atom is -0.488 e. The fourth-order valence-corrected chi connectivity index (χ4v) is 3.14.